The topological polar surface area (TPSA) is 59.2 Å². The number of carbonyl (C=O) groups is 1. The number of nitrogens with zero attached hydrogens (tertiary/aromatic N) is 3. The van der Waals surface area contributed by atoms with Crippen LogP contribution in [-0.4, -0.2) is 34.0 Å². The Bertz CT molecular complexity index is 465. The molecule has 1 saturated heterocycles. The van der Waals surface area contributed by atoms with Gasteiger partial charge in [-0.05, 0) is 31.8 Å². The Morgan fingerprint density at radius 3 is 2.94 bits per heavy atom. The summed E-state index contributed by atoms with van der Waals surface area (Å²) in [7, 11) is 0. The van der Waals surface area contributed by atoms with Crippen molar-refractivity contribution in [1.29, 1.82) is 0 Å². The van der Waals surface area contributed by atoms with E-state index >= 15 is 0 Å². The van der Waals surface area contributed by atoms with Crippen LogP contribution in [-0.2, 0) is 4.79 Å². The van der Waals surface area contributed by atoms with Gasteiger partial charge < -0.3 is 9.42 Å². The Morgan fingerprint density at radius 1 is 1.39 bits per heavy atom. The van der Waals surface area contributed by atoms with Crippen molar-refractivity contribution in [2.45, 2.75) is 37.5 Å². The first-order chi connectivity index (χ1) is 8.78. The second-order valence-electron chi connectivity index (χ2n) is 5.09. The standard InChI is InChI=1S/C13H17N3O2/c1-2-11(17)16-7-3-4-10(8-16)12-14-13(18-15-12)9-5-6-9/h2,9-10H,1,3-8H2. The number of hydrogen-bond acceptors (Lipinski definition) is 4. The molecule has 1 atom stereocenters. The first-order valence-electron chi connectivity index (χ1n) is 6.52. The molecule has 3 rings (SSSR count). The Morgan fingerprint density at radius 2 is 2.22 bits per heavy atom. The molecule has 1 aliphatic heterocycles. The quantitative estimate of drug-likeness (QED) is 0.765. The van der Waals surface area contributed by atoms with Gasteiger partial charge in [0.1, 0.15) is 0 Å². The number of piperidine rings is 1. The van der Waals surface area contributed by atoms with E-state index in [0.29, 0.717) is 12.5 Å². The van der Waals surface area contributed by atoms with E-state index in [-0.39, 0.29) is 11.8 Å². The molecule has 0 aromatic carbocycles. The van der Waals surface area contributed by atoms with E-state index in [4.69, 9.17) is 4.52 Å². The van der Waals surface area contributed by atoms with Gasteiger partial charge in [-0.2, -0.15) is 4.98 Å². The van der Waals surface area contributed by atoms with Crippen LogP contribution in [0.4, 0.5) is 0 Å². The summed E-state index contributed by atoms with van der Waals surface area (Å²) in [6.07, 6.45) is 5.69. The predicted octanol–water partition coefficient (Wildman–Crippen LogP) is 1.84. The van der Waals surface area contributed by atoms with E-state index in [1.807, 2.05) is 4.90 Å². The fourth-order valence-electron chi connectivity index (χ4n) is 2.43. The second kappa shape index (κ2) is 4.55. The lowest BCUT2D eigenvalue weighted by molar-refractivity contribution is -0.127. The first-order valence-corrected chi connectivity index (χ1v) is 6.52. The van der Waals surface area contributed by atoms with E-state index < -0.39 is 0 Å². The SMILES string of the molecule is C=CC(=O)N1CCCC(c2noc(C3CC3)n2)C1. The third kappa shape index (κ3) is 2.17. The molecule has 1 unspecified atom stereocenters. The largest absolute Gasteiger partial charge is 0.339 e. The monoisotopic (exact) mass is 247 g/mol. The Hall–Kier alpha value is -1.65. The van der Waals surface area contributed by atoms with Gasteiger partial charge in [0.05, 0.1) is 0 Å². The fraction of sp³-hybridized carbons (Fsp3) is 0.615. The minimum atomic E-state index is -0.00869. The van der Waals surface area contributed by atoms with Gasteiger partial charge in [-0.25, -0.2) is 0 Å². The molecular weight excluding hydrogens is 230 g/mol. The lowest BCUT2D eigenvalue weighted by atomic mass is 9.97. The highest BCUT2D eigenvalue weighted by molar-refractivity contribution is 5.87. The molecule has 0 bridgehead atoms. The number of aromatic nitrogens is 2. The van der Waals surface area contributed by atoms with Crippen LogP contribution in [0.5, 0.6) is 0 Å². The molecule has 1 aliphatic carbocycles. The average molecular weight is 247 g/mol. The highest BCUT2D eigenvalue weighted by atomic mass is 16.5. The molecule has 0 spiro atoms. The van der Waals surface area contributed by atoms with Gasteiger partial charge in [-0.1, -0.05) is 11.7 Å². The minimum Gasteiger partial charge on any atom is -0.339 e. The maximum atomic E-state index is 11.6. The Labute approximate surface area is 106 Å². The van der Waals surface area contributed by atoms with E-state index in [1.165, 1.54) is 6.08 Å². The average Bonchev–Trinajstić information content (AvgIpc) is 3.15. The van der Waals surface area contributed by atoms with E-state index in [1.54, 1.807) is 0 Å². The molecule has 5 nitrogen and oxygen atoms in total. The molecule has 96 valence electrons. The highest BCUT2D eigenvalue weighted by Crippen LogP contribution is 2.39. The van der Waals surface area contributed by atoms with Crippen molar-refractivity contribution in [3.63, 3.8) is 0 Å². The van der Waals surface area contributed by atoms with Crippen molar-refractivity contribution in [3.8, 4) is 0 Å². The Kier molecular flexibility index (Phi) is 2.89. The van der Waals surface area contributed by atoms with Crippen LogP contribution in [0, 0.1) is 0 Å². The fourth-order valence-corrected chi connectivity index (χ4v) is 2.43. The van der Waals surface area contributed by atoms with Crippen molar-refractivity contribution in [3.05, 3.63) is 24.4 Å². The van der Waals surface area contributed by atoms with Crippen LogP contribution >= 0.6 is 0 Å². The molecule has 2 heterocycles. The lowest BCUT2D eigenvalue weighted by Gasteiger charge is -2.30. The van der Waals surface area contributed by atoms with Crippen LogP contribution in [0.1, 0.15) is 49.2 Å². The molecule has 1 saturated carbocycles. The molecule has 2 aliphatic rings. The summed E-state index contributed by atoms with van der Waals surface area (Å²) in [4.78, 5) is 17.9. The van der Waals surface area contributed by atoms with Crippen LogP contribution in [0.25, 0.3) is 0 Å². The molecule has 5 heteroatoms. The van der Waals surface area contributed by atoms with Crippen molar-refractivity contribution < 1.29 is 9.32 Å². The zero-order valence-corrected chi connectivity index (χ0v) is 10.3. The van der Waals surface area contributed by atoms with Gasteiger partial charge in [0.2, 0.25) is 11.8 Å². The first kappa shape index (κ1) is 11.4. The second-order valence-corrected chi connectivity index (χ2v) is 5.09. The number of carbonyl (C=O) groups excluding carboxylic acids is 1. The van der Waals surface area contributed by atoms with Gasteiger partial charge in [0.15, 0.2) is 5.82 Å². The van der Waals surface area contributed by atoms with Crippen molar-refractivity contribution in [2.24, 2.45) is 0 Å². The van der Waals surface area contributed by atoms with Crippen LogP contribution in [0.15, 0.2) is 17.2 Å². The van der Waals surface area contributed by atoms with Crippen LogP contribution < -0.4 is 0 Å². The van der Waals surface area contributed by atoms with Gasteiger partial charge in [-0.3, -0.25) is 4.79 Å². The third-order valence-corrected chi connectivity index (χ3v) is 3.66. The number of hydrogen-bond donors (Lipinski definition) is 0. The molecule has 2 fully saturated rings. The summed E-state index contributed by atoms with van der Waals surface area (Å²) < 4.78 is 5.28. The van der Waals surface area contributed by atoms with E-state index in [9.17, 15) is 4.79 Å². The molecule has 0 N–H and O–H groups in total. The summed E-state index contributed by atoms with van der Waals surface area (Å²) >= 11 is 0. The van der Waals surface area contributed by atoms with Crippen molar-refractivity contribution in [2.75, 3.05) is 13.1 Å². The summed E-state index contributed by atoms with van der Waals surface area (Å²) in [6, 6.07) is 0. The number of likely N-dealkylation sites (tertiary alicyclic amines) is 1. The molecule has 1 aromatic heterocycles. The van der Waals surface area contributed by atoms with Gasteiger partial charge in [-0.15, -0.1) is 0 Å². The molecule has 18 heavy (non-hydrogen) atoms. The Balaban J connectivity index is 1.70. The van der Waals surface area contributed by atoms with Crippen LogP contribution in [0.3, 0.4) is 0 Å². The lowest BCUT2D eigenvalue weighted by Crippen LogP contribution is -2.38. The molecular formula is C13H17N3O2. The third-order valence-electron chi connectivity index (χ3n) is 3.66. The number of amides is 1. The van der Waals surface area contributed by atoms with E-state index in [0.717, 1.165) is 43.9 Å². The maximum absolute atomic E-state index is 11.6. The maximum Gasteiger partial charge on any atom is 0.245 e. The molecule has 0 radical (unpaired) electrons. The van der Waals surface area contributed by atoms with E-state index in [2.05, 4.69) is 16.7 Å². The smallest absolute Gasteiger partial charge is 0.245 e. The van der Waals surface area contributed by atoms with Gasteiger partial charge in [0, 0.05) is 24.9 Å². The van der Waals surface area contributed by atoms with Crippen molar-refractivity contribution >= 4 is 5.91 Å². The minimum absolute atomic E-state index is 0.00869. The summed E-state index contributed by atoms with van der Waals surface area (Å²) in [5, 5.41) is 4.07. The zero-order chi connectivity index (χ0) is 12.5. The van der Waals surface area contributed by atoms with Gasteiger partial charge >= 0.3 is 0 Å². The predicted molar refractivity (Wildman–Crippen MR) is 65.0 cm³/mol. The summed E-state index contributed by atoms with van der Waals surface area (Å²) in [6.45, 7) is 5.00. The highest BCUT2D eigenvalue weighted by Gasteiger charge is 2.32. The zero-order valence-electron chi connectivity index (χ0n) is 10.3. The van der Waals surface area contributed by atoms with Crippen molar-refractivity contribution in [1.82, 2.24) is 15.0 Å². The van der Waals surface area contributed by atoms with Crippen LogP contribution in [0.2, 0.25) is 0 Å². The number of rotatable bonds is 3. The normalized spacial score (nSPS) is 24.0. The summed E-state index contributed by atoms with van der Waals surface area (Å²) in [5.41, 5.74) is 0. The molecule has 1 aromatic rings. The summed E-state index contributed by atoms with van der Waals surface area (Å²) in [5.74, 6) is 2.22. The van der Waals surface area contributed by atoms with Gasteiger partial charge in [0.25, 0.3) is 0 Å². The molecule has 1 amide bonds.